The van der Waals surface area contributed by atoms with E-state index in [0.717, 1.165) is 0 Å². The highest BCUT2D eigenvalue weighted by Crippen LogP contribution is 2.19. The molecule has 38 heavy (non-hydrogen) atoms. The topological polar surface area (TPSA) is 174 Å². The third-order valence-corrected chi connectivity index (χ3v) is 5.88. The third kappa shape index (κ3) is 13.5. The van der Waals surface area contributed by atoms with Crippen molar-refractivity contribution in [3.63, 3.8) is 0 Å². The summed E-state index contributed by atoms with van der Waals surface area (Å²) in [5.74, 6) is -1.84. The molecule has 0 saturated heterocycles. The predicted molar refractivity (Wildman–Crippen MR) is 142 cm³/mol. The molecule has 5 N–H and O–H groups in total. The van der Waals surface area contributed by atoms with E-state index in [-0.39, 0.29) is 49.4 Å². The second kappa shape index (κ2) is 17.7. The van der Waals surface area contributed by atoms with Gasteiger partial charge in [0.05, 0.1) is 6.04 Å². The first-order valence-corrected chi connectivity index (χ1v) is 12.8. The summed E-state index contributed by atoms with van der Waals surface area (Å²) in [7, 11) is 0. The molecule has 4 amide bonds. The summed E-state index contributed by atoms with van der Waals surface area (Å²) in [4.78, 5) is 71.5. The molecule has 11 nitrogen and oxygen atoms in total. The standard InChI is InChI=1S/C27H40N4O7/c1-18(2)25(31-24(35)9-5-4-7-19(3)33)23(34)15-21(8-6-14-29-27(28)37)26(36)30-22-12-10-20(11-13-22)16-38-17-32/h10-13,17-18,21,25H,4-9,14-16H2,1-3H3,(H,30,36)(H,31,35)(H3,28,29,37)/t21-,25+/m1/s1/i17D. The molecule has 11 heteroatoms. The maximum absolute atomic E-state index is 13.2. The smallest absolute Gasteiger partial charge is 0.312 e. The number of primary amides is 1. The van der Waals surface area contributed by atoms with E-state index in [1.165, 1.54) is 6.92 Å². The fourth-order valence-corrected chi connectivity index (χ4v) is 3.82. The van der Waals surface area contributed by atoms with Crippen molar-refractivity contribution < 1.29 is 34.9 Å². The maximum atomic E-state index is 13.2. The van der Waals surface area contributed by atoms with Gasteiger partial charge in [0.15, 0.2) is 7.15 Å². The summed E-state index contributed by atoms with van der Waals surface area (Å²) in [5.41, 5.74) is 6.20. The summed E-state index contributed by atoms with van der Waals surface area (Å²) >= 11 is 0. The fourth-order valence-electron chi connectivity index (χ4n) is 3.82. The Hall–Kier alpha value is -3.76. The van der Waals surface area contributed by atoms with Gasteiger partial charge in [0.1, 0.15) is 12.4 Å². The van der Waals surface area contributed by atoms with E-state index >= 15 is 0 Å². The summed E-state index contributed by atoms with van der Waals surface area (Å²) in [6.45, 7) is 5.29. The van der Waals surface area contributed by atoms with Crippen LogP contribution in [0.4, 0.5) is 10.5 Å². The summed E-state index contributed by atoms with van der Waals surface area (Å²) in [5, 5.41) is 8.02. The molecule has 0 aromatic heterocycles. The lowest BCUT2D eigenvalue weighted by atomic mass is 9.89. The number of hydrogen-bond acceptors (Lipinski definition) is 7. The molecule has 0 heterocycles. The lowest BCUT2D eigenvalue weighted by molar-refractivity contribution is -0.131. The van der Waals surface area contributed by atoms with Crippen LogP contribution < -0.4 is 21.7 Å². The summed E-state index contributed by atoms with van der Waals surface area (Å²) < 4.78 is 11.4. The Bertz CT molecular complexity index is 998. The molecule has 0 bridgehead atoms. The molecule has 0 aliphatic rings. The highest BCUT2D eigenvalue weighted by Gasteiger charge is 2.29. The number of rotatable bonds is 18. The first-order chi connectivity index (χ1) is 18.4. The minimum Gasteiger partial charge on any atom is -0.463 e. The van der Waals surface area contributed by atoms with Gasteiger partial charge in [0.2, 0.25) is 11.8 Å². The van der Waals surface area contributed by atoms with Crippen molar-refractivity contribution in [3.05, 3.63) is 29.8 Å². The second-order valence-corrected chi connectivity index (χ2v) is 9.56. The Morgan fingerprint density at radius 2 is 1.71 bits per heavy atom. The largest absolute Gasteiger partial charge is 0.463 e. The van der Waals surface area contributed by atoms with Gasteiger partial charge < -0.3 is 31.2 Å². The highest BCUT2D eigenvalue weighted by molar-refractivity contribution is 5.97. The third-order valence-electron chi connectivity index (χ3n) is 5.88. The zero-order valence-electron chi connectivity index (χ0n) is 23.3. The van der Waals surface area contributed by atoms with E-state index < -0.39 is 30.3 Å². The zero-order chi connectivity index (χ0) is 29.4. The Labute approximate surface area is 225 Å². The Balaban J connectivity index is 2.86. The molecule has 0 saturated carbocycles. The van der Waals surface area contributed by atoms with Crippen molar-refractivity contribution in [2.24, 2.45) is 17.6 Å². The van der Waals surface area contributed by atoms with E-state index in [1.54, 1.807) is 24.3 Å². The minimum atomic E-state index is -1.14. The molecule has 1 rings (SSSR count). The number of nitrogens with one attached hydrogen (secondary N) is 3. The van der Waals surface area contributed by atoms with Crippen LogP contribution in [0, 0.1) is 11.8 Å². The second-order valence-electron chi connectivity index (χ2n) is 9.56. The predicted octanol–water partition coefficient (Wildman–Crippen LogP) is 2.61. The maximum Gasteiger partial charge on any atom is 0.312 e. The molecule has 0 aliphatic carbocycles. The van der Waals surface area contributed by atoms with Crippen LogP contribution in [-0.4, -0.2) is 48.4 Å². The molecule has 2 atom stereocenters. The Kier molecular flexibility index (Phi) is 14.2. The zero-order valence-corrected chi connectivity index (χ0v) is 22.3. The van der Waals surface area contributed by atoms with Gasteiger partial charge in [-0.05, 0) is 56.2 Å². The van der Waals surface area contributed by atoms with Gasteiger partial charge in [-0.3, -0.25) is 19.2 Å². The molecule has 0 radical (unpaired) electrons. The van der Waals surface area contributed by atoms with Crippen LogP contribution in [0.15, 0.2) is 24.3 Å². The van der Waals surface area contributed by atoms with Crippen molar-refractivity contribution >= 4 is 41.5 Å². The number of nitrogens with two attached hydrogens (primary N) is 1. The van der Waals surface area contributed by atoms with Gasteiger partial charge in [0, 0.05) is 37.4 Å². The van der Waals surface area contributed by atoms with Gasteiger partial charge >= 0.3 is 6.03 Å². The molecule has 0 fully saturated rings. The normalized spacial score (nSPS) is 12.6. The quantitative estimate of drug-likeness (QED) is 0.166. The number of ketones is 2. The number of amides is 4. The Morgan fingerprint density at radius 1 is 1.05 bits per heavy atom. The van der Waals surface area contributed by atoms with Crippen LogP contribution >= 0.6 is 0 Å². The number of urea groups is 1. The van der Waals surface area contributed by atoms with Gasteiger partial charge in [0.25, 0.3) is 6.45 Å². The fraction of sp³-hybridized carbons (Fsp3) is 0.556. The number of hydrogen-bond donors (Lipinski definition) is 4. The molecular formula is C27H40N4O7. The number of carbonyl (C=O) groups excluding carboxylic acids is 6. The number of anilines is 1. The number of unbranched alkanes of at least 4 members (excludes halogenated alkanes) is 1. The molecule has 0 spiro atoms. The van der Waals surface area contributed by atoms with Gasteiger partial charge in [-0.25, -0.2) is 4.79 Å². The summed E-state index contributed by atoms with van der Waals surface area (Å²) in [6.07, 6.45) is 1.17. The van der Waals surface area contributed by atoms with Crippen LogP contribution in [0.2, 0.25) is 0 Å². The van der Waals surface area contributed by atoms with E-state index in [0.29, 0.717) is 43.4 Å². The van der Waals surface area contributed by atoms with Crippen molar-refractivity contribution in [2.75, 3.05) is 11.9 Å². The first-order valence-electron chi connectivity index (χ1n) is 13.3. The SMILES string of the molecule is [2H]C(=O)OCc1ccc(NC(=O)[C@H](CCCNC(N)=O)CC(=O)[C@@H](NC(=O)CCCCC(C)=O)C(C)C)cc1. The Morgan fingerprint density at radius 3 is 2.29 bits per heavy atom. The molecule has 1 aromatic rings. The lowest BCUT2D eigenvalue weighted by Gasteiger charge is -2.24. The molecule has 210 valence electrons. The van der Waals surface area contributed by atoms with E-state index in [2.05, 4.69) is 20.7 Å². The van der Waals surface area contributed by atoms with Crippen molar-refractivity contribution in [2.45, 2.75) is 78.4 Å². The van der Waals surface area contributed by atoms with Crippen molar-refractivity contribution in [1.82, 2.24) is 10.6 Å². The average molecular weight is 534 g/mol. The van der Waals surface area contributed by atoms with Crippen LogP contribution in [0.25, 0.3) is 0 Å². The van der Waals surface area contributed by atoms with E-state index in [4.69, 9.17) is 7.10 Å². The molecule has 1 aromatic carbocycles. The summed E-state index contributed by atoms with van der Waals surface area (Å²) in [6, 6.07) is 5.04. The number of carbonyl (C=O) groups is 6. The van der Waals surface area contributed by atoms with Gasteiger partial charge in [-0.2, -0.15) is 0 Å². The van der Waals surface area contributed by atoms with Gasteiger partial charge in [-0.1, -0.05) is 26.0 Å². The van der Waals surface area contributed by atoms with Crippen LogP contribution in [0.3, 0.4) is 0 Å². The van der Waals surface area contributed by atoms with E-state index in [1.807, 2.05) is 13.8 Å². The minimum absolute atomic E-state index is 0.0617. The number of Topliss-reactive ketones (excluding diaryl/α,β-unsaturated/α-hetero) is 2. The number of ether oxygens (including phenoxy) is 1. The van der Waals surface area contributed by atoms with Gasteiger partial charge in [-0.15, -0.1) is 0 Å². The van der Waals surface area contributed by atoms with Crippen LogP contribution in [0.1, 0.15) is 72.7 Å². The average Bonchev–Trinajstić information content (AvgIpc) is 2.85. The highest BCUT2D eigenvalue weighted by atomic mass is 16.5. The lowest BCUT2D eigenvalue weighted by Crippen LogP contribution is -2.45. The van der Waals surface area contributed by atoms with Crippen molar-refractivity contribution in [1.29, 1.82) is 0 Å². The van der Waals surface area contributed by atoms with E-state index in [9.17, 15) is 28.8 Å². The molecule has 0 aliphatic heterocycles. The first kappa shape index (κ1) is 30.5. The molecule has 0 unspecified atom stereocenters. The van der Waals surface area contributed by atoms with Crippen molar-refractivity contribution in [3.8, 4) is 0 Å². The monoisotopic (exact) mass is 533 g/mol. The number of benzene rings is 1. The molecular weight excluding hydrogens is 492 g/mol. The van der Waals surface area contributed by atoms with Crippen LogP contribution in [0.5, 0.6) is 0 Å². The van der Waals surface area contributed by atoms with Crippen LogP contribution in [-0.2, 0) is 35.3 Å².